The third-order valence-corrected chi connectivity index (χ3v) is 6.89. The van der Waals surface area contributed by atoms with Crippen molar-refractivity contribution in [2.75, 3.05) is 5.75 Å². The number of thioether (sulfide) groups is 1. The van der Waals surface area contributed by atoms with Gasteiger partial charge in [-0.05, 0) is 29.3 Å². The summed E-state index contributed by atoms with van der Waals surface area (Å²) in [5.41, 5.74) is 3.45. The van der Waals surface area contributed by atoms with Crippen LogP contribution in [0.5, 0.6) is 0 Å². The smallest absolute Gasteiger partial charge is 0.259 e. The molecule has 2 heterocycles. The summed E-state index contributed by atoms with van der Waals surface area (Å²) >= 11 is 7.40. The van der Waals surface area contributed by atoms with E-state index in [0.29, 0.717) is 29.0 Å². The number of aliphatic imine (C=N–C) groups is 2. The normalized spacial score (nSPS) is 16.4. The monoisotopic (exact) mass is 488 g/mol. The van der Waals surface area contributed by atoms with Crippen molar-refractivity contribution in [3.8, 4) is 0 Å². The number of hydrogen-bond acceptors (Lipinski definition) is 5. The lowest BCUT2D eigenvalue weighted by Crippen LogP contribution is -2.42. The average molecular weight is 489 g/mol. The van der Waals surface area contributed by atoms with E-state index in [-0.39, 0.29) is 17.6 Å². The molecular weight excluding hydrogens is 468 g/mol. The average Bonchev–Trinajstić information content (AvgIpc) is 3.19. The van der Waals surface area contributed by atoms with Gasteiger partial charge in [-0.15, -0.1) is 0 Å². The molecule has 1 atom stereocenters. The predicted octanol–water partition coefficient (Wildman–Crippen LogP) is 4.59. The topological polar surface area (TPSA) is 74.1 Å². The van der Waals surface area contributed by atoms with Crippen molar-refractivity contribution in [3.63, 3.8) is 0 Å². The Bertz CT molecular complexity index is 1310. The molecule has 0 aliphatic carbocycles. The summed E-state index contributed by atoms with van der Waals surface area (Å²) in [5.74, 6) is 0.412. The van der Waals surface area contributed by atoms with Gasteiger partial charge in [-0.25, -0.2) is 9.89 Å². The molecule has 0 spiro atoms. The predicted molar refractivity (Wildman–Crippen MR) is 137 cm³/mol. The van der Waals surface area contributed by atoms with E-state index in [4.69, 9.17) is 16.6 Å². The Labute approximate surface area is 206 Å². The number of rotatable bonds is 6. The van der Waals surface area contributed by atoms with Crippen molar-refractivity contribution in [3.05, 3.63) is 101 Å². The third kappa shape index (κ3) is 4.62. The third-order valence-electron chi connectivity index (χ3n) is 5.59. The SMILES string of the molecule is O=C(CSC1=Nc2ccccc2C2=N[C@@H](Cc3ccccc3)C(=O)N12)NCc1ccccc1Cl. The van der Waals surface area contributed by atoms with E-state index < -0.39 is 6.04 Å². The maximum Gasteiger partial charge on any atom is 0.259 e. The molecule has 2 aliphatic rings. The summed E-state index contributed by atoms with van der Waals surface area (Å²) < 4.78 is 0. The fraction of sp³-hybridized carbons (Fsp3) is 0.154. The Morgan fingerprint density at radius 3 is 2.56 bits per heavy atom. The zero-order valence-electron chi connectivity index (χ0n) is 18.1. The van der Waals surface area contributed by atoms with Crippen molar-refractivity contribution >= 4 is 51.9 Å². The molecular formula is C26H21ClN4O2S. The first-order valence-corrected chi connectivity index (χ1v) is 12.2. The summed E-state index contributed by atoms with van der Waals surface area (Å²) in [6.07, 6.45) is 0.512. The van der Waals surface area contributed by atoms with Crippen molar-refractivity contribution in [1.82, 2.24) is 10.2 Å². The van der Waals surface area contributed by atoms with Gasteiger partial charge in [-0.2, -0.15) is 0 Å². The van der Waals surface area contributed by atoms with Crippen LogP contribution >= 0.6 is 23.4 Å². The van der Waals surface area contributed by atoms with E-state index in [1.54, 1.807) is 11.0 Å². The van der Waals surface area contributed by atoms with E-state index in [9.17, 15) is 9.59 Å². The van der Waals surface area contributed by atoms with Gasteiger partial charge in [0, 0.05) is 23.6 Å². The summed E-state index contributed by atoms with van der Waals surface area (Å²) in [7, 11) is 0. The molecule has 2 aliphatic heterocycles. The van der Waals surface area contributed by atoms with Gasteiger partial charge in [-0.3, -0.25) is 14.6 Å². The number of hydrogen-bond donors (Lipinski definition) is 1. The quantitative estimate of drug-likeness (QED) is 0.551. The molecule has 1 N–H and O–H groups in total. The van der Waals surface area contributed by atoms with Gasteiger partial charge in [0.15, 0.2) is 5.17 Å². The highest BCUT2D eigenvalue weighted by Gasteiger charge is 2.41. The van der Waals surface area contributed by atoms with Crippen LogP contribution in [0.1, 0.15) is 16.7 Å². The number of amidine groups is 2. The second-order valence-electron chi connectivity index (χ2n) is 7.90. The fourth-order valence-electron chi connectivity index (χ4n) is 3.89. The maximum atomic E-state index is 13.4. The number of para-hydroxylation sites is 1. The van der Waals surface area contributed by atoms with Crippen LogP contribution in [-0.2, 0) is 22.6 Å². The van der Waals surface area contributed by atoms with Gasteiger partial charge in [0.2, 0.25) is 5.91 Å². The Kier molecular flexibility index (Phi) is 6.47. The number of benzene rings is 3. The number of halogens is 1. The van der Waals surface area contributed by atoms with Crippen molar-refractivity contribution in [2.45, 2.75) is 19.0 Å². The minimum atomic E-state index is -0.525. The lowest BCUT2D eigenvalue weighted by Gasteiger charge is -2.25. The molecule has 8 heteroatoms. The van der Waals surface area contributed by atoms with E-state index in [1.165, 1.54) is 11.8 Å². The summed E-state index contributed by atoms with van der Waals surface area (Å²) in [4.78, 5) is 36.9. The molecule has 0 unspecified atom stereocenters. The Morgan fingerprint density at radius 2 is 1.74 bits per heavy atom. The van der Waals surface area contributed by atoms with Crippen LogP contribution in [0.2, 0.25) is 5.02 Å². The lowest BCUT2D eigenvalue weighted by atomic mass is 10.1. The van der Waals surface area contributed by atoms with Crippen molar-refractivity contribution in [1.29, 1.82) is 0 Å². The summed E-state index contributed by atoms with van der Waals surface area (Å²) in [5, 5.41) is 3.95. The van der Waals surface area contributed by atoms with Crippen LogP contribution in [0.25, 0.3) is 0 Å². The zero-order valence-corrected chi connectivity index (χ0v) is 19.7. The van der Waals surface area contributed by atoms with Crippen molar-refractivity contribution in [2.24, 2.45) is 9.98 Å². The molecule has 0 saturated carbocycles. The minimum absolute atomic E-state index is 0.117. The number of fused-ring (bicyclic) bond motifs is 3. The molecule has 0 bridgehead atoms. The lowest BCUT2D eigenvalue weighted by molar-refractivity contribution is -0.124. The number of nitrogens with one attached hydrogen (secondary N) is 1. The van der Waals surface area contributed by atoms with Crippen LogP contribution in [0.3, 0.4) is 0 Å². The fourth-order valence-corrected chi connectivity index (χ4v) is 4.92. The molecule has 170 valence electrons. The molecule has 34 heavy (non-hydrogen) atoms. The molecule has 0 fully saturated rings. The molecule has 6 nitrogen and oxygen atoms in total. The van der Waals surface area contributed by atoms with Crippen LogP contribution in [0.4, 0.5) is 5.69 Å². The molecule has 5 rings (SSSR count). The van der Waals surface area contributed by atoms with E-state index >= 15 is 0 Å². The van der Waals surface area contributed by atoms with E-state index in [1.807, 2.05) is 72.8 Å². The largest absolute Gasteiger partial charge is 0.351 e. The number of carbonyl (C=O) groups is 2. The number of nitrogens with zero attached hydrogens (tertiary/aromatic N) is 3. The van der Waals surface area contributed by atoms with Crippen LogP contribution in [-0.4, -0.2) is 39.5 Å². The zero-order chi connectivity index (χ0) is 23.5. The van der Waals surface area contributed by atoms with Gasteiger partial charge >= 0.3 is 0 Å². The minimum Gasteiger partial charge on any atom is -0.351 e. The highest BCUT2D eigenvalue weighted by Crippen LogP contribution is 2.34. The van der Waals surface area contributed by atoms with Crippen molar-refractivity contribution < 1.29 is 9.59 Å². The van der Waals surface area contributed by atoms with Crippen LogP contribution < -0.4 is 5.32 Å². The standard InChI is InChI=1S/C26H21ClN4O2S/c27-20-12-6-4-10-18(20)15-28-23(32)16-34-26-30-21-13-7-5-11-19(21)24-29-22(25(33)31(24)26)14-17-8-2-1-3-9-17/h1-13,22H,14-16H2,(H,28,32)/t22-/m0/s1. The van der Waals surface area contributed by atoms with Gasteiger partial charge in [0.05, 0.1) is 11.4 Å². The van der Waals surface area contributed by atoms with Crippen LogP contribution in [0, 0.1) is 0 Å². The summed E-state index contributed by atoms with van der Waals surface area (Å²) in [6, 6.07) is 24.3. The highest BCUT2D eigenvalue weighted by atomic mass is 35.5. The van der Waals surface area contributed by atoms with E-state index in [0.717, 1.165) is 22.4 Å². The second kappa shape index (κ2) is 9.83. The Morgan fingerprint density at radius 1 is 1.00 bits per heavy atom. The molecule has 0 aromatic heterocycles. The Hall–Kier alpha value is -3.42. The molecule has 2 amide bonds. The molecule has 3 aromatic carbocycles. The van der Waals surface area contributed by atoms with Crippen LogP contribution in [0.15, 0.2) is 88.8 Å². The summed E-state index contributed by atoms with van der Waals surface area (Å²) in [6.45, 7) is 0.336. The Balaban J connectivity index is 1.32. The highest BCUT2D eigenvalue weighted by molar-refractivity contribution is 8.14. The molecule has 3 aromatic rings. The first kappa shape index (κ1) is 22.4. The number of amides is 2. The maximum absolute atomic E-state index is 13.4. The molecule has 0 saturated heterocycles. The molecule has 0 radical (unpaired) electrons. The first-order chi connectivity index (χ1) is 16.6. The first-order valence-electron chi connectivity index (χ1n) is 10.9. The van der Waals surface area contributed by atoms with Gasteiger partial charge in [-0.1, -0.05) is 84.0 Å². The van der Waals surface area contributed by atoms with Gasteiger partial charge in [0.1, 0.15) is 11.9 Å². The van der Waals surface area contributed by atoms with Gasteiger partial charge < -0.3 is 5.32 Å². The van der Waals surface area contributed by atoms with E-state index in [2.05, 4.69) is 10.3 Å². The second-order valence-corrected chi connectivity index (χ2v) is 9.25. The van der Waals surface area contributed by atoms with Gasteiger partial charge in [0.25, 0.3) is 5.91 Å². The number of carbonyl (C=O) groups excluding carboxylic acids is 2.